The van der Waals surface area contributed by atoms with Crippen molar-refractivity contribution in [2.45, 2.75) is 0 Å². The molecule has 1 saturated heterocycles. The number of carbonyl (C=O) groups excluding carboxylic acids is 2. The number of ether oxygens (including phenoxy) is 1. The van der Waals surface area contributed by atoms with Crippen LogP contribution < -0.4 is 15.0 Å². The van der Waals surface area contributed by atoms with Crippen molar-refractivity contribution in [1.29, 1.82) is 0 Å². The van der Waals surface area contributed by atoms with Crippen LogP contribution >= 0.6 is 23.8 Å². The minimum atomic E-state index is -0.841. The smallest absolute Gasteiger partial charge is 0.270 e. The number of rotatable bonds is 3. The summed E-state index contributed by atoms with van der Waals surface area (Å²) in [4.78, 5) is 26.0. The van der Waals surface area contributed by atoms with E-state index >= 15 is 0 Å². The third-order valence-electron chi connectivity index (χ3n) is 3.78. The zero-order valence-corrected chi connectivity index (χ0v) is 15.4. The molecular formula is C18H12ClFN2O4S. The summed E-state index contributed by atoms with van der Waals surface area (Å²) in [6.07, 6.45) is 1.14. The molecule has 1 heterocycles. The molecule has 6 nitrogen and oxygen atoms in total. The summed E-state index contributed by atoms with van der Waals surface area (Å²) >= 11 is 11.0. The van der Waals surface area contributed by atoms with Crippen molar-refractivity contribution in [3.05, 3.63) is 58.4 Å². The van der Waals surface area contributed by atoms with Crippen molar-refractivity contribution in [3.8, 4) is 11.5 Å². The van der Waals surface area contributed by atoms with Gasteiger partial charge in [-0.15, -0.1) is 0 Å². The van der Waals surface area contributed by atoms with Gasteiger partial charge in [-0.2, -0.15) is 0 Å². The van der Waals surface area contributed by atoms with Crippen molar-refractivity contribution in [2.24, 2.45) is 0 Å². The molecule has 0 saturated carbocycles. The first kappa shape index (κ1) is 18.8. The number of phenols is 1. The highest BCUT2D eigenvalue weighted by Gasteiger charge is 2.35. The van der Waals surface area contributed by atoms with Gasteiger partial charge in [-0.1, -0.05) is 23.7 Å². The first-order chi connectivity index (χ1) is 12.8. The molecule has 0 aliphatic carbocycles. The van der Waals surface area contributed by atoms with Gasteiger partial charge in [0, 0.05) is 16.7 Å². The van der Waals surface area contributed by atoms with Crippen LogP contribution in [0.3, 0.4) is 0 Å². The largest absolute Gasteiger partial charge is 0.504 e. The van der Waals surface area contributed by atoms with Gasteiger partial charge in [0.25, 0.3) is 11.8 Å². The zero-order chi connectivity index (χ0) is 19.7. The van der Waals surface area contributed by atoms with Crippen LogP contribution in [0.4, 0.5) is 10.1 Å². The predicted molar refractivity (Wildman–Crippen MR) is 102 cm³/mol. The molecule has 1 aliphatic rings. The fourth-order valence-electron chi connectivity index (χ4n) is 2.52. The summed E-state index contributed by atoms with van der Waals surface area (Å²) in [6.45, 7) is 0. The maximum Gasteiger partial charge on any atom is 0.270 e. The lowest BCUT2D eigenvalue weighted by molar-refractivity contribution is -0.122. The molecule has 2 amide bonds. The first-order valence-electron chi connectivity index (χ1n) is 7.56. The minimum absolute atomic E-state index is 0.0690. The third kappa shape index (κ3) is 3.49. The Balaban J connectivity index is 2.11. The first-order valence-corrected chi connectivity index (χ1v) is 8.34. The summed E-state index contributed by atoms with van der Waals surface area (Å²) < 4.78 is 19.1. The maximum atomic E-state index is 14.1. The molecular weight excluding hydrogens is 395 g/mol. The van der Waals surface area contributed by atoms with E-state index in [-0.39, 0.29) is 38.5 Å². The van der Waals surface area contributed by atoms with Gasteiger partial charge in [-0.25, -0.2) is 9.29 Å². The summed E-state index contributed by atoms with van der Waals surface area (Å²) in [5.74, 6) is -2.54. The van der Waals surface area contributed by atoms with E-state index in [4.69, 9.17) is 28.6 Å². The molecule has 0 radical (unpaired) electrons. The molecule has 1 fully saturated rings. The average Bonchev–Trinajstić information content (AvgIpc) is 2.62. The Morgan fingerprint density at radius 3 is 2.67 bits per heavy atom. The summed E-state index contributed by atoms with van der Waals surface area (Å²) in [7, 11) is 1.33. The highest BCUT2D eigenvalue weighted by atomic mass is 35.5. The SMILES string of the molecule is COc1cc(Cl)cc(/C=C2\C(=O)NC(=S)N(c3ccccc3F)C2=O)c1O. The van der Waals surface area contributed by atoms with Crippen LogP contribution in [-0.2, 0) is 9.59 Å². The molecule has 3 rings (SSSR count). The van der Waals surface area contributed by atoms with E-state index < -0.39 is 17.6 Å². The predicted octanol–water partition coefficient (Wildman–Crippen LogP) is 3.02. The van der Waals surface area contributed by atoms with E-state index in [0.29, 0.717) is 0 Å². The van der Waals surface area contributed by atoms with E-state index in [9.17, 15) is 19.1 Å². The standard InChI is InChI=1S/C18H12ClFN2O4S/c1-26-14-8-10(19)6-9(15(14)23)7-11-16(24)21-18(27)22(17(11)25)13-5-3-2-4-12(13)20/h2-8,23H,1H3,(H,21,24,27)/b11-7+. The fraction of sp³-hybridized carbons (Fsp3) is 0.0556. The Labute approximate surface area is 163 Å². The lowest BCUT2D eigenvalue weighted by Gasteiger charge is -2.29. The number of benzene rings is 2. The Bertz CT molecular complexity index is 1010. The second-order valence-electron chi connectivity index (χ2n) is 5.46. The number of methoxy groups -OCH3 is 1. The number of nitrogens with zero attached hydrogens (tertiary/aromatic N) is 1. The fourth-order valence-corrected chi connectivity index (χ4v) is 3.02. The van der Waals surface area contributed by atoms with Crippen LogP contribution in [0.25, 0.3) is 6.08 Å². The van der Waals surface area contributed by atoms with Gasteiger partial charge in [-0.05, 0) is 36.5 Å². The number of para-hydroxylation sites is 1. The van der Waals surface area contributed by atoms with Gasteiger partial charge in [0.1, 0.15) is 11.4 Å². The topological polar surface area (TPSA) is 78.9 Å². The number of halogens is 2. The Hall–Kier alpha value is -2.97. The van der Waals surface area contributed by atoms with Gasteiger partial charge in [0.05, 0.1) is 12.8 Å². The molecule has 138 valence electrons. The quantitative estimate of drug-likeness (QED) is 0.465. The number of hydrogen-bond acceptors (Lipinski definition) is 5. The van der Waals surface area contributed by atoms with Crippen LogP contribution in [0, 0.1) is 5.82 Å². The lowest BCUT2D eigenvalue weighted by Crippen LogP contribution is -2.54. The van der Waals surface area contributed by atoms with E-state index in [0.717, 1.165) is 11.0 Å². The van der Waals surface area contributed by atoms with Gasteiger partial charge >= 0.3 is 0 Å². The van der Waals surface area contributed by atoms with Crippen LogP contribution in [0.5, 0.6) is 11.5 Å². The molecule has 0 spiro atoms. The Kier molecular flexibility index (Phi) is 5.11. The molecule has 0 unspecified atom stereocenters. The van der Waals surface area contributed by atoms with E-state index in [1.165, 1.54) is 43.5 Å². The van der Waals surface area contributed by atoms with Crippen LogP contribution in [-0.4, -0.2) is 29.1 Å². The molecule has 1 aliphatic heterocycles. The number of amides is 2. The Morgan fingerprint density at radius 1 is 1.30 bits per heavy atom. The van der Waals surface area contributed by atoms with E-state index in [1.54, 1.807) is 0 Å². The summed E-state index contributed by atoms with van der Waals surface area (Å²) in [5.41, 5.74) is -0.378. The number of hydrogen-bond donors (Lipinski definition) is 2. The number of carbonyl (C=O) groups is 2. The van der Waals surface area contributed by atoms with Crippen molar-refractivity contribution >= 4 is 52.5 Å². The minimum Gasteiger partial charge on any atom is -0.504 e. The third-order valence-corrected chi connectivity index (χ3v) is 4.29. The summed E-state index contributed by atoms with van der Waals surface area (Å²) in [5, 5.41) is 12.5. The monoisotopic (exact) mass is 406 g/mol. The van der Waals surface area contributed by atoms with E-state index in [2.05, 4.69) is 5.32 Å². The van der Waals surface area contributed by atoms with E-state index in [1.807, 2.05) is 0 Å². The van der Waals surface area contributed by atoms with Gasteiger partial charge in [0.15, 0.2) is 16.6 Å². The van der Waals surface area contributed by atoms with Crippen molar-refractivity contribution in [1.82, 2.24) is 5.32 Å². The van der Waals surface area contributed by atoms with Crippen molar-refractivity contribution < 1.29 is 23.8 Å². The molecule has 0 atom stereocenters. The number of phenolic OH excluding ortho intramolecular Hbond substituents is 1. The number of anilines is 1. The number of aromatic hydroxyl groups is 1. The second kappa shape index (κ2) is 7.34. The van der Waals surface area contributed by atoms with Crippen LogP contribution in [0.1, 0.15) is 5.56 Å². The average molecular weight is 407 g/mol. The van der Waals surface area contributed by atoms with Gasteiger partial charge in [-0.3, -0.25) is 14.9 Å². The molecule has 27 heavy (non-hydrogen) atoms. The van der Waals surface area contributed by atoms with Crippen LogP contribution in [0.2, 0.25) is 5.02 Å². The van der Waals surface area contributed by atoms with Gasteiger partial charge < -0.3 is 9.84 Å². The molecule has 2 N–H and O–H groups in total. The highest BCUT2D eigenvalue weighted by molar-refractivity contribution is 7.80. The molecule has 2 aromatic carbocycles. The molecule has 2 aromatic rings. The van der Waals surface area contributed by atoms with Gasteiger partial charge in [0.2, 0.25) is 0 Å². The normalized spacial score (nSPS) is 15.9. The molecule has 9 heteroatoms. The second-order valence-corrected chi connectivity index (χ2v) is 6.28. The molecule has 0 aromatic heterocycles. The zero-order valence-electron chi connectivity index (χ0n) is 13.8. The summed E-state index contributed by atoms with van der Waals surface area (Å²) in [6, 6.07) is 8.24. The lowest BCUT2D eigenvalue weighted by atomic mass is 10.1. The highest BCUT2D eigenvalue weighted by Crippen LogP contribution is 2.35. The number of thiocarbonyl (C=S) groups is 1. The number of nitrogens with one attached hydrogen (secondary N) is 1. The molecule has 0 bridgehead atoms. The van der Waals surface area contributed by atoms with Crippen LogP contribution in [0.15, 0.2) is 42.0 Å². The van der Waals surface area contributed by atoms with Crippen molar-refractivity contribution in [2.75, 3.05) is 12.0 Å². The van der Waals surface area contributed by atoms with Crippen molar-refractivity contribution in [3.63, 3.8) is 0 Å². The Morgan fingerprint density at radius 2 is 2.00 bits per heavy atom. The maximum absolute atomic E-state index is 14.1.